The summed E-state index contributed by atoms with van der Waals surface area (Å²) in [6.07, 6.45) is 0. The van der Waals surface area contributed by atoms with Gasteiger partial charge in [-0.15, -0.1) is 11.3 Å². The fourth-order valence-corrected chi connectivity index (χ4v) is 2.48. The topological polar surface area (TPSA) is 75.4 Å². The first-order valence-corrected chi connectivity index (χ1v) is 6.21. The van der Waals surface area contributed by atoms with Crippen molar-refractivity contribution in [2.24, 2.45) is 0 Å². The molecule has 1 aromatic heterocycles. The van der Waals surface area contributed by atoms with E-state index in [1.54, 1.807) is 6.07 Å². The van der Waals surface area contributed by atoms with E-state index in [1.165, 1.54) is 23.5 Å². The van der Waals surface area contributed by atoms with Crippen molar-refractivity contribution in [3.05, 3.63) is 49.7 Å². The van der Waals surface area contributed by atoms with Crippen LogP contribution >= 0.6 is 22.9 Å². The molecule has 0 aliphatic rings. The fraction of sp³-hybridized carbons (Fsp3) is 0.0909. The number of phenolic OH excluding ortho intramolecular Hbond substituents is 1. The largest absolute Gasteiger partial charge is 0.508 e. The lowest BCUT2D eigenvalue weighted by Gasteiger charge is -2.05. The Morgan fingerprint density at radius 2 is 2.17 bits per heavy atom. The van der Waals surface area contributed by atoms with Crippen molar-refractivity contribution in [1.82, 2.24) is 0 Å². The minimum Gasteiger partial charge on any atom is -0.508 e. The zero-order valence-electron chi connectivity index (χ0n) is 9.09. The summed E-state index contributed by atoms with van der Waals surface area (Å²) in [6, 6.07) is 7.61. The van der Waals surface area contributed by atoms with Crippen LogP contribution in [0.4, 0.5) is 11.4 Å². The molecule has 0 spiro atoms. The molecule has 0 aliphatic carbocycles. The van der Waals surface area contributed by atoms with E-state index in [0.29, 0.717) is 16.6 Å². The molecule has 2 rings (SSSR count). The van der Waals surface area contributed by atoms with Crippen molar-refractivity contribution < 1.29 is 10.0 Å². The van der Waals surface area contributed by atoms with E-state index in [1.807, 2.05) is 6.07 Å². The Morgan fingerprint density at radius 3 is 2.78 bits per heavy atom. The molecule has 0 bridgehead atoms. The lowest BCUT2D eigenvalue weighted by atomic mass is 10.2. The molecule has 0 radical (unpaired) electrons. The second kappa shape index (κ2) is 5.24. The summed E-state index contributed by atoms with van der Waals surface area (Å²) in [5.74, 6) is -0.133. The third-order valence-corrected chi connectivity index (χ3v) is 3.49. The smallest absolute Gasteiger partial charge is 0.296 e. The first-order valence-electron chi connectivity index (χ1n) is 5.02. The molecule has 0 amide bonds. The number of aromatic hydroxyl groups is 1. The van der Waals surface area contributed by atoms with Crippen LogP contribution in [0.2, 0.25) is 4.34 Å². The molecule has 94 valence electrons. The average Bonchev–Trinajstić information content (AvgIpc) is 2.73. The molecule has 0 aliphatic heterocycles. The highest BCUT2D eigenvalue weighted by Crippen LogP contribution is 2.29. The van der Waals surface area contributed by atoms with Crippen LogP contribution < -0.4 is 5.32 Å². The molecule has 0 atom stereocenters. The molecule has 2 N–H and O–H groups in total. The highest BCUT2D eigenvalue weighted by Gasteiger charge is 2.14. The van der Waals surface area contributed by atoms with E-state index in [9.17, 15) is 15.2 Å². The molecular weight excluding hydrogens is 276 g/mol. The molecule has 0 saturated heterocycles. The van der Waals surface area contributed by atoms with Crippen molar-refractivity contribution in [3.63, 3.8) is 0 Å². The Hall–Kier alpha value is -1.79. The van der Waals surface area contributed by atoms with Crippen LogP contribution in [0.1, 0.15) is 4.88 Å². The molecule has 1 aromatic carbocycles. The Bertz CT molecular complexity index is 585. The molecule has 5 nitrogen and oxygen atoms in total. The van der Waals surface area contributed by atoms with Crippen molar-refractivity contribution in [2.45, 2.75) is 6.54 Å². The van der Waals surface area contributed by atoms with Gasteiger partial charge in [0, 0.05) is 11.4 Å². The van der Waals surface area contributed by atoms with Crippen LogP contribution in [-0.4, -0.2) is 10.0 Å². The van der Waals surface area contributed by atoms with E-state index >= 15 is 0 Å². The summed E-state index contributed by atoms with van der Waals surface area (Å²) in [5.41, 5.74) is 0.208. The Balaban J connectivity index is 2.16. The zero-order chi connectivity index (χ0) is 13.1. The number of nitro benzene ring substituents is 1. The maximum atomic E-state index is 10.8. The minimum absolute atomic E-state index is 0.133. The summed E-state index contributed by atoms with van der Waals surface area (Å²) in [7, 11) is 0. The van der Waals surface area contributed by atoms with E-state index in [4.69, 9.17) is 11.6 Å². The third-order valence-electron chi connectivity index (χ3n) is 2.26. The molecule has 2 aromatic rings. The number of halogens is 1. The Morgan fingerprint density at radius 1 is 1.39 bits per heavy atom. The van der Waals surface area contributed by atoms with Gasteiger partial charge in [-0.05, 0) is 24.3 Å². The summed E-state index contributed by atoms with van der Waals surface area (Å²) in [5, 5.41) is 23.0. The molecule has 0 fully saturated rings. The standard InChI is InChI=1S/C11H9ClN2O3S/c12-11-4-2-8(18-11)6-13-9-3-1-7(15)5-10(9)14(16)17/h1-5,13,15H,6H2. The predicted molar refractivity (Wildman–Crippen MR) is 71.4 cm³/mol. The quantitative estimate of drug-likeness (QED) is 0.511. The second-order valence-electron chi connectivity index (χ2n) is 3.52. The number of phenols is 1. The van der Waals surface area contributed by atoms with Gasteiger partial charge in [0.05, 0.1) is 15.3 Å². The van der Waals surface area contributed by atoms with Gasteiger partial charge in [-0.2, -0.15) is 0 Å². The van der Waals surface area contributed by atoms with Gasteiger partial charge < -0.3 is 10.4 Å². The van der Waals surface area contributed by atoms with Gasteiger partial charge in [-0.3, -0.25) is 10.1 Å². The van der Waals surface area contributed by atoms with Gasteiger partial charge in [-0.25, -0.2) is 0 Å². The monoisotopic (exact) mass is 284 g/mol. The normalized spacial score (nSPS) is 10.3. The highest BCUT2D eigenvalue weighted by atomic mass is 35.5. The predicted octanol–water partition coefficient (Wildman–Crippen LogP) is 3.63. The van der Waals surface area contributed by atoms with Gasteiger partial charge in [0.15, 0.2) is 0 Å². The number of thiophene rings is 1. The van der Waals surface area contributed by atoms with E-state index in [-0.39, 0.29) is 11.4 Å². The van der Waals surface area contributed by atoms with Crippen molar-refractivity contribution in [1.29, 1.82) is 0 Å². The number of rotatable bonds is 4. The number of anilines is 1. The summed E-state index contributed by atoms with van der Waals surface area (Å²) in [4.78, 5) is 11.3. The fourth-order valence-electron chi connectivity index (χ4n) is 1.45. The Kier molecular flexibility index (Phi) is 3.69. The van der Waals surface area contributed by atoms with Crippen LogP contribution in [-0.2, 0) is 6.54 Å². The maximum absolute atomic E-state index is 10.8. The van der Waals surface area contributed by atoms with E-state index in [0.717, 1.165) is 10.9 Å². The number of nitrogens with zero attached hydrogens (tertiary/aromatic N) is 1. The van der Waals surface area contributed by atoms with Gasteiger partial charge in [0.25, 0.3) is 5.69 Å². The molecule has 7 heteroatoms. The first kappa shape index (κ1) is 12.7. The molecule has 1 heterocycles. The number of hydrogen-bond acceptors (Lipinski definition) is 5. The van der Waals surface area contributed by atoms with Crippen molar-refractivity contribution >= 4 is 34.3 Å². The first-order chi connectivity index (χ1) is 8.56. The van der Waals surface area contributed by atoms with Crippen LogP contribution in [0.3, 0.4) is 0 Å². The van der Waals surface area contributed by atoms with E-state index < -0.39 is 4.92 Å². The molecule has 18 heavy (non-hydrogen) atoms. The Labute approximate surface area is 112 Å². The summed E-state index contributed by atoms with van der Waals surface area (Å²) in [6.45, 7) is 0.447. The van der Waals surface area contributed by atoms with Gasteiger partial charge in [0.1, 0.15) is 11.4 Å². The molecular formula is C11H9ClN2O3S. The van der Waals surface area contributed by atoms with Crippen LogP contribution in [0.15, 0.2) is 30.3 Å². The van der Waals surface area contributed by atoms with Crippen molar-refractivity contribution in [3.8, 4) is 5.75 Å². The maximum Gasteiger partial charge on any atom is 0.296 e. The zero-order valence-corrected chi connectivity index (χ0v) is 10.7. The number of benzene rings is 1. The SMILES string of the molecule is O=[N+]([O-])c1cc(O)ccc1NCc1ccc(Cl)s1. The minimum atomic E-state index is -0.538. The number of nitro groups is 1. The molecule has 0 saturated carbocycles. The molecule has 0 unspecified atom stereocenters. The van der Waals surface area contributed by atoms with Crippen molar-refractivity contribution in [2.75, 3.05) is 5.32 Å². The number of hydrogen-bond donors (Lipinski definition) is 2. The second-order valence-corrected chi connectivity index (χ2v) is 5.32. The van der Waals surface area contributed by atoms with Crippen LogP contribution in [0.25, 0.3) is 0 Å². The van der Waals surface area contributed by atoms with Gasteiger partial charge in [0.2, 0.25) is 0 Å². The van der Waals surface area contributed by atoms with Crippen LogP contribution in [0.5, 0.6) is 5.75 Å². The summed E-state index contributed by atoms with van der Waals surface area (Å²) >= 11 is 7.20. The highest BCUT2D eigenvalue weighted by molar-refractivity contribution is 7.16. The van der Waals surface area contributed by atoms with Gasteiger partial charge >= 0.3 is 0 Å². The third kappa shape index (κ3) is 2.91. The van der Waals surface area contributed by atoms with Crippen LogP contribution in [0, 0.1) is 10.1 Å². The lowest BCUT2D eigenvalue weighted by molar-refractivity contribution is -0.384. The van der Waals surface area contributed by atoms with Gasteiger partial charge in [-0.1, -0.05) is 11.6 Å². The summed E-state index contributed by atoms with van der Waals surface area (Å²) < 4.78 is 0.673. The van der Waals surface area contributed by atoms with E-state index in [2.05, 4.69) is 5.32 Å². The lowest BCUT2D eigenvalue weighted by Crippen LogP contribution is -2.01. The number of nitrogens with one attached hydrogen (secondary N) is 1. The average molecular weight is 285 g/mol.